The molecule has 4 heteroatoms. The van der Waals surface area contributed by atoms with E-state index in [1.54, 1.807) is 12.3 Å². The summed E-state index contributed by atoms with van der Waals surface area (Å²) in [4.78, 5) is 17.3. The molecule has 0 aliphatic heterocycles. The number of carbonyl (C=O) groups is 1. The number of rotatable bonds is 7. The van der Waals surface area contributed by atoms with Crippen LogP contribution in [0, 0.1) is 0 Å². The fraction of sp³-hybridized carbons (Fsp3) is 0.429. The summed E-state index contributed by atoms with van der Waals surface area (Å²) in [6.07, 6.45) is 4.11. The molecule has 1 heterocycles. The molecule has 0 aliphatic carbocycles. The first-order valence-electron chi connectivity index (χ1n) is 6.22. The lowest BCUT2D eigenvalue weighted by Crippen LogP contribution is -2.24. The van der Waals surface area contributed by atoms with Crippen molar-refractivity contribution in [2.24, 2.45) is 0 Å². The molecule has 0 saturated carbocycles. The van der Waals surface area contributed by atoms with E-state index in [0.717, 1.165) is 18.8 Å². The van der Waals surface area contributed by atoms with Crippen molar-refractivity contribution in [2.45, 2.75) is 26.8 Å². The predicted octanol–water partition coefficient (Wildman–Crippen LogP) is 2.32. The van der Waals surface area contributed by atoms with E-state index in [0.29, 0.717) is 18.5 Å². The smallest absolute Gasteiger partial charge is 0.331 e. The molecule has 0 aliphatic rings. The maximum absolute atomic E-state index is 10.9. The van der Waals surface area contributed by atoms with Crippen LogP contribution in [0.3, 0.4) is 0 Å². The monoisotopic (exact) mass is 248 g/mol. The lowest BCUT2D eigenvalue weighted by Gasteiger charge is -2.18. The second kappa shape index (κ2) is 7.61. The van der Waals surface area contributed by atoms with Gasteiger partial charge < -0.3 is 5.11 Å². The first kappa shape index (κ1) is 14.4. The van der Waals surface area contributed by atoms with Crippen LogP contribution < -0.4 is 0 Å². The molecule has 0 bridgehead atoms. The van der Waals surface area contributed by atoms with E-state index in [-0.39, 0.29) is 0 Å². The fourth-order valence-electron chi connectivity index (χ4n) is 1.65. The number of hydrogen-bond acceptors (Lipinski definition) is 3. The van der Waals surface area contributed by atoms with Crippen molar-refractivity contribution in [2.75, 3.05) is 13.1 Å². The standard InChI is InChI=1S/C14H20N2O2/c1-3-12(14(17)18)8-10-16(4-2)11-13-7-5-6-9-15-13/h5-9H,3-4,10-11H2,1-2H3,(H,17,18). The Balaban J connectivity index is 2.60. The molecule has 18 heavy (non-hydrogen) atoms. The molecule has 1 aromatic heterocycles. The highest BCUT2D eigenvalue weighted by Gasteiger charge is 2.06. The van der Waals surface area contributed by atoms with Gasteiger partial charge in [-0.05, 0) is 25.1 Å². The molecule has 0 aromatic carbocycles. The summed E-state index contributed by atoms with van der Waals surface area (Å²) < 4.78 is 0. The van der Waals surface area contributed by atoms with Crippen molar-refractivity contribution in [1.29, 1.82) is 0 Å². The predicted molar refractivity (Wildman–Crippen MR) is 71.2 cm³/mol. The average molecular weight is 248 g/mol. The molecule has 0 atom stereocenters. The molecule has 0 amide bonds. The van der Waals surface area contributed by atoms with Gasteiger partial charge in [-0.1, -0.05) is 26.0 Å². The third-order valence-corrected chi connectivity index (χ3v) is 2.81. The van der Waals surface area contributed by atoms with Gasteiger partial charge in [0, 0.05) is 24.9 Å². The van der Waals surface area contributed by atoms with E-state index < -0.39 is 5.97 Å². The van der Waals surface area contributed by atoms with Gasteiger partial charge in [0.25, 0.3) is 0 Å². The molecule has 0 unspecified atom stereocenters. The molecular weight excluding hydrogens is 228 g/mol. The molecule has 0 fully saturated rings. The number of hydrogen-bond donors (Lipinski definition) is 1. The molecule has 0 saturated heterocycles. The number of likely N-dealkylation sites (N-methyl/N-ethyl adjacent to an activating group) is 1. The molecular formula is C14H20N2O2. The first-order valence-corrected chi connectivity index (χ1v) is 6.22. The quantitative estimate of drug-likeness (QED) is 0.752. The molecule has 4 nitrogen and oxygen atoms in total. The largest absolute Gasteiger partial charge is 0.478 e. The highest BCUT2D eigenvalue weighted by molar-refractivity contribution is 5.86. The zero-order chi connectivity index (χ0) is 13.4. The molecule has 0 radical (unpaired) electrons. The van der Waals surface area contributed by atoms with E-state index in [4.69, 9.17) is 5.11 Å². The first-order chi connectivity index (χ1) is 8.67. The van der Waals surface area contributed by atoms with E-state index in [9.17, 15) is 4.79 Å². The van der Waals surface area contributed by atoms with E-state index >= 15 is 0 Å². The van der Waals surface area contributed by atoms with Gasteiger partial charge in [-0.3, -0.25) is 9.88 Å². The van der Waals surface area contributed by atoms with Gasteiger partial charge in [0.2, 0.25) is 0 Å². The van der Waals surface area contributed by atoms with Gasteiger partial charge in [0.05, 0.1) is 5.69 Å². The van der Waals surface area contributed by atoms with Crippen LogP contribution in [0.4, 0.5) is 0 Å². The van der Waals surface area contributed by atoms with E-state index in [2.05, 4.69) is 16.8 Å². The Morgan fingerprint density at radius 1 is 1.44 bits per heavy atom. The zero-order valence-electron chi connectivity index (χ0n) is 11.0. The van der Waals surface area contributed by atoms with Gasteiger partial charge in [0.1, 0.15) is 0 Å². The Kier molecular flexibility index (Phi) is 6.08. The molecule has 98 valence electrons. The highest BCUT2D eigenvalue weighted by atomic mass is 16.4. The van der Waals surface area contributed by atoms with Crippen molar-refractivity contribution in [3.63, 3.8) is 0 Å². The van der Waals surface area contributed by atoms with Crippen LogP contribution >= 0.6 is 0 Å². The molecule has 1 N–H and O–H groups in total. The van der Waals surface area contributed by atoms with Crippen molar-refractivity contribution in [3.05, 3.63) is 41.7 Å². The van der Waals surface area contributed by atoms with Crippen LogP contribution in [0.15, 0.2) is 36.0 Å². The zero-order valence-corrected chi connectivity index (χ0v) is 11.0. The molecule has 1 rings (SSSR count). The Morgan fingerprint density at radius 2 is 2.22 bits per heavy atom. The van der Waals surface area contributed by atoms with Crippen LogP contribution in [0.25, 0.3) is 0 Å². The summed E-state index contributed by atoms with van der Waals surface area (Å²) in [7, 11) is 0. The van der Waals surface area contributed by atoms with E-state index in [1.807, 2.05) is 25.1 Å². The lowest BCUT2D eigenvalue weighted by atomic mass is 10.2. The lowest BCUT2D eigenvalue weighted by molar-refractivity contribution is -0.132. The number of nitrogens with zero attached hydrogens (tertiary/aromatic N) is 2. The van der Waals surface area contributed by atoms with Crippen molar-refractivity contribution < 1.29 is 9.90 Å². The van der Waals surface area contributed by atoms with Crippen molar-refractivity contribution in [1.82, 2.24) is 9.88 Å². The minimum absolute atomic E-state index is 0.467. The van der Waals surface area contributed by atoms with Crippen LogP contribution in [-0.4, -0.2) is 34.0 Å². The fourth-order valence-corrected chi connectivity index (χ4v) is 1.65. The second-order valence-corrected chi connectivity index (χ2v) is 4.04. The van der Waals surface area contributed by atoms with E-state index in [1.165, 1.54) is 0 Å². The molecule has 0 spiro atoms. The third kappa shape index (κ3) is 4.67. The summed E-state index contributed by atoms with van der Waals surface area (Å²) >= 11 is 0. The minimum atomic E-state index is -0.827. The topological polar surface area (TPSA) is 53.4 Å². The summed E-state index contributed by atoms with van der Waals surface area (Å²) in [6, 6.07) is 5.82. The number of carboxylic acids is 1. The second-order valence-electron chi connectivity index (χ2n) is 4.04. The maximum atomic E-state index is 10.9. The molecule has 1 aromatic rings. The van der Waals surface area contributed by atoms with Gasteiger partial charge in [-0.2, -0.15) is 0 Å². The number of pyridine rings is 1. The summed E-state index contributed by atoms with van der Waals surface area (Å²) in [5, 5.41) is 8.95. The number of aromatic nitrogens is 1. The van der Waals surface area contributed by atoms with Gasteiger partial charge >= 0.3 is 5.97 Å². The Morgan fingerprint density at radius 3 is 2.72 bits per heavy atom. The third-order valence-electron chi connectivity index (χ3n) is 2.81. The highest BCUT2D eigenvalue weighted by Crippen LogP contribution is 2.04. The minimum Gasteiger partial charge on any atom is -0.478 e. The Labute approximate surface area is 108 Å². The maximum Gasteiger partial charge on any atom is 0.331 e. The van der Waals surface area contributed by atoms with Crippen molar-refractivity contribution >= 4 is 5.97 Å². The summed E-state index contributed by atoms with van der Waals surface area (Å²) in [5.74, 6) is -0.827. The van der Waals surface area contributed by atoms with Gasteiger partial charge in [0.15, 0.2) is 0 Å². The van der Waals surface area contributed by atoms with Crippen LogP contribution in [0.2, 0.25) is 0 Å². The number of aliphatic carboxylic acids is 1. The summed E-state index contributed by atoms with van der Waals surface area (Å²) in [5.41, 5.74) is 1.47. The van der Waals surface area contributed by atoms with Crippen LogP contribution in [0.5, 0.6) is 0 Å². The summed E-state index contributed by atoms with van der Waals surface area (Å²) in [6.45, 7) is 6.16. The van der Waals surface area contributed by atoms with Gasteiger partial charge in [-0.25, -0.2) is 4.79 Å². The van der Waals surface area contributed by atoms with Crippen LogP contribution in [0.1, 0.15) is 26.0 Å². The Hall–Kier alpha value is -1.68. The van der Waals surface area contributed by atoms with Crippen LogP contribution in [-0.2, 0) is 11.3 Å². The van der Waals surface area contributed by atoms with Crippen molar-refractivity contribution in [3.8, 4) is 0 Å². The normalized spacial score (nSPS) is 11.8. The number of carboxylic acid groups (broad SMARTS) is 1. The van der Waals surface area contributed by atoms with Gasteiger partial charge in [-0.15, -0.1) is 0 Å². The Bertz CT molecular complexity index is 402. The average Bonchev–Trinajstić information content (AvgIpc) is 2.38. The SMILES string of the molecule is CCC(=CCN(CC)Cc1ccccn1)C(=O)O.